The van der Waals surface area contributed by atoms with E-state index in [1.54, 1.807) is 31.5 Å². The van der Waals surface area contributed by atoms with Gasteiger partial charge in [-0.05, 0) is 54.4 Å². The summed E-state index contributed by atoms with van der Waals surface area (Å²) in [5, 5.41) is 15.0. The van der Waals surface area contributed by atoms with Crippen molar-refractivity contribution in [2.24, 2.45) is 19.2 Å². The van der Waals surface area contributed by atoms with Gasteiger partial charge in [0.15, 0.2) is 11.2 Å². The Labute approximate surface area is 206 Å². The number of aliphatic hydroxyl groups excluding tert-OH is 1. The van der Waals surface area contributed by atoms with Gasteiger partial charge >= 0.3 is 5.69 Å². The smallest absolute Gasteiger partial charge is 0.332 e. The summed E-state index contributed by atoms with van der Waals surface area (Å²) in [7, 11) is 4.52. The molecular formula is C25H28N6O5. The number of aromatic nitrogens is 4. The van der Waals surface area contributed by atoms with Crippen LogP contribution in [-0.2, 0) is 20.6 Å². The number of hydrazone groups is 1. The average Bonchev–Trinajstić information content (AvgIpc) is 3.23. The van der Waals surface area contributed by atoms with E-state index >= 15 is 0 Å². The van der Waals surface area contributed by atoms with Crippen molar-refractivity contribution in [3.63, 3.8) is 0 Å². The number of rotatable bonds is 9. The van der Waals surface area contributed by atoms with Crippen LogP contribution in [0.1, 0.15) is 11.1 Å². The topological polar surface area (TPSA) is 125 Å². The van der Waals surface area contributed by atoms with E-state index < -0.39 is 17.4 Å². The molecule has 0 saturated heterocycles. The van der Waals surface area contributed by atoms with Gasteiger partial charge in [-0.3, -0.25) is 13.9 Å². The van der Waals surface area contributed by atoms with Gasteiger partial charge in [-0.2, -0.15) is 10.1 Å². The number of fused-ring (bicyclic) bond motifs is 1. The van der Waals surface area contributed by atoms with Crippen LogP contribution >= 0.6 is 0 Å². The molecule has 11 nitrogen and oxygen atoms in total. The maximum absolute atomic E-state index is 13.0. The third-order valence-electron chi connectivity index (χ3n) is 5.67. The summed E-state index contributed by atoms with van der Waals surface area (Å²) in [5.74, 6) is 1.55. The summed E-state index contributed by atoms with van der Waals surface area (Å²) in [5.41, 5.74) is 3.98. The fourth-order valence-electron chi connectivity index (χ4n) is 3.73. The maximum atomic E-state index is 13.0. The standard InChI is InChI=1S/C25H28N6O5/c1-16-6-5-7-20(12-16)36-15-18(32)14-31-21-22(29(2)25(34)30(3)23(21)33)27-24(31)28-26-13-17-8-10-19(35-4)11-9-17/h5-13,18,32H,14-15H2,1-4H3,(H,27,28). The van der Waals surface area contributed by atoms with E-state index in [1.807, 2.05) is 37.3 Å². The molecule has 1 atom stereocenters. The molecule has 0 fully saturated rings. The molecule has 0 bridgehead atoms. The minimum atomic E-state index is -0.976. The Hall–Kier alpha value is -4.38. The number of nitrogens with one attached hydrogen (secondary N) is 1. The van der Waals surface area contributed by atoms with Crippen molar-refractivity contribution < 1.29 is 14.6 Å². The van der Waals surface area contributed by atoms with Crippen LogP contribution in [0.4, 0.5) is 5.95 Å². The predicted octanol–water partition coefficient (Wildman–Crippen LogP) is 1.64. The molecule has 2 heterocycles. The van der Waals surface area contributed by atoms with Gasteiger partial charge in [0.2, 0.25) is 5.95 Å². The molecule has 1 unspecified atom stereocenters. The third kappa shape index (κ3) is 5.15. The number of aryl methyl sites for hydroxylation is 2. The summed E-state index contributed by atoms with van der Waals surface area (Å²) in [6, 6.07) is 14.8. The van der Waals surface area contributed by atoms with E-state index in [1.165, 1.54) is 23.2 Å². The molecule has 0 aliphatic rings. The summed E-state index contributed by atoms with van der Waals surface area (Å²) in [6.07, 6.45) is 0.605. The van der Waals surface area contributed by atoms with Crippen molar-refractivity contribution in [3.8, 4) is 11.5 Å². The lowest BCUT2D eigenvalue weighted by molar-refractivity contribution is 0.0938. The first-order chi connectivity index (χ1) is 17.3. The molecule has 4 aromatic rings. The minimum absolute atomic E-state index is 0.0102. The zero-order valence-corrected chi connectivity index (χ0v) is 20.5. The molecule has 0 radical (unpaired) electrons. The lowest BCUT2D eigenvalue weighted by Crippen LogP contribution is -2.38. The maximum Gasteiger partial charge on any atom is 0.332 e. The highest BCUT2D eigenvalue weighted by atomic mass is 16.5. The number of aliphatic hydroxyl groups is 1. The zero-order valence-electron chi connectivity index (χ0n) is 20.5. The SMILES string of the molecule is COc1ccc(C=NNc2nc3c(c(=O)n(C)c(=O)n3C)n2CC(O)COc2cccc(C)c2)cc1. The monoisotopic (exact) mass is 492 g/mol. The third-order valence-corrected chi connectivity index (χ3v) is 5.67. The number of hydrogen-bond donors (Lipinski definition) is 2. The van der Waals surface area contributed by atoms with Crippen LogP contribution in [0.5, 0.6) is 11.5 Å². The first-order valence-electron chi connectivity index (χ1n) is 11.3. The van der Waals surface area contributed by atoms with E-state index in [2.05, 4.69) is 15.5 Å². The Morgan fingerprint density at radius 1 is 1.11 bits per heavy atom. The highest BCUT2D eigenvalue weighted by Gasteiger charge is 2.21. The summed E-state index contributed by atoms with van der Waals surface area (Å²) >= 11 is 0. The fraction of sp³-hybridized carbons (Fsp3) is 0.280. The van der Waals surface area contributed by atoms with Gasteiger partial charge in [0, 0.05) is 14.1 Å². The Balaban J connectivity index is 1.64. The molecular weight excluding hydrogens is 464 g/mol. The quantitative estimate of drug-likeness (QED) is 0.269. The molecule has 0 aliphatic carbocycles. The normalized spacial score (nSPS) is 12.2. The first-order valence-corrected chi connectivity index (χ1v) is 11.3. The highest BCUT2D eigenvalue weighted by molar-refractivity contribution is 5.80. The van der Waals surface area contributed by atoms with E-state index in [4.69, 9.17) is 9.47 Å². The molecule has 188 valence electrons. The number of methoxy groups -OCH3 is 1. The van der Waals surface area contributed by atoms with Crippen LogP contribution in [0.2, 0.25) is 0 Å². The van der Waals surface area contributed by atoms with Gasteiger partial charge in [0.25, 0.3) is 5.56 Å². The van der Waals surface area contributed by atoms with Gasteiger partial charge in [-0.25, -0.2) is 10.2 Å². The van der Waals surface area contributed by atoms with Crippen LogP contribution in [0.3, 0.4) is 0 Å². The lowest BCUT2D eigenvalue weighted by Gasteiger charge is -2.15. The van der Waals surface area contributed by atoms with Crippen LogP contribution in [0.25, 0.3) is 11.2 Å². The van der Waals surface area contributed by atoms with Crippen LogP contribution in [-0.4, -0.2) is 49.8 Å². The molecule has 0 aliphatic heterocycles. The molecule has 2 N–H and O–H groups in total. The molecule has 4 rings (SSSR count). The van der Waals surface area contributed by atoms with Crippen LogP contribution < -0.4 is 26.1 Å². The molecule has 0 amide bonds. The minimum Gasteiger partial charge on any atom is -0.497 e. The molecule has 2 aromatic heterocycles. The number of hydrogen-bond acceptors (Lipinski definition) is 8. The molecule has 2 aromatic carbocycles. The largest absolute Gasteiger partial charge is 0.497 e. The summed E-state index contributed by atoms with van der Waals surface area (Å²) < 4.78 is 14.7. The number of benzene rings is 2. The van der Waals surface area contributed by atoms with Gasteiger partial charge in [-0.1, -0.05) is 12.1 Å². The summed E-state index contributed by atoms with van der Waals surface area (Å²) in [4.78, 5) is 29.9. The van der Waals surface area contributed by atoms with Crippen LogP contribution in [0, 0.1) is 6.92 Å². The molecule has 36 heavy (non-hydrogen) atoms. The zero-order chi connectivity index (χ0) is 25.8. The number of ether oxygens (including phenoxy) is 2. The number of imidazole rings is 1. The van der Waals surface area contributed by atoms with Crippen molar-refractivity contribution in [1.82, 2.24) is 18.7 Å². The van der Waals surface area contributed by atoms with Crippen molar-refractivity contribution in [3.05, 3.63) is 80.5 Å². The molecule has 0 saturated carbocycles. The van der Waals surface area contributed by atoms with E-state index in [9.17, 15) is 14.7 Å². The van der Waals surface area contributed by atoms with Crippen molar-refractivity contribution in [2.75, 3.05) is 19.1 Å². The van der Waals surface area contributed by atoms with Gasteiger partial charge < -0.3 is 19.1 Å². The Kier molecular flexibility index (Phi) is 7.20. The Morgan fingerprint density at radius 3 is 2.56 bits per heavy atom. The fourth-order valence-corrected chi connectivity index (χ4v) is 3.73. The van der Waals surface area contributed by atoms with Crippen molar-refractivity contribution >= 4 is 23.3 Å². The number of nitrogens with zero attached hydrogens (tertiary/aromatic N) is 5. The second kappa shape index (κ2) is 10.5. The van der Waals surface area contributed by atoms with Crippen molar-refractivity contribution in [1.29, 1.82) is 0 Å². The van der Waals surface area contributed by atoms with Crippen LogP contribution in [0.15, 0.2) is 63.2 Å². The second-order valence-corrected chi connectivity index (χ2v) is 8.35. The van der Waals surface area contributed by atoms with E-state index in [0.717, 1.165) is 21.4 Å². The van der Waals surface area contributed by atoms with Gasteiger partial charge in [0.1, 0.15) is 24.2 Å². The molecule has 0 spiro atoms. The first kappa shape index (κ1) is 24.7. The Bertz CT molecular complexity index is 1520. The second-order valence-electron chi connectivity index (χ2n) is 8.35. The van der Waals surface area contributed by atoms with Crippen molar-refractivity contribution in [2.45, 2.75) is 19.6 Å². The average molecular weight is 493 g/mol. The van der Waals surface area contributed by atoms with Gasteiger partial charge in [0.05, 0.1) is 19.9 Å². The van der Waals surface area contributed by atoms with E-state index in [0.29, 0.717) is 5.75 Å². The highest BCUT2D eigenvalue weighted by Crippen LogP contribution is 2.18. The number of anilines is 1. The van der Waals surface area contributed by atoms with Gasteiger partial charge in [-0.15, -0.1) is 0 Å². The Morgan fingerprint density at radius 2 is 1.86 bits per heavy atom. The predicted molar refractivity (Wildman–Crippen MR) is 137 cm³/mol. The lowest BCUT2D eigenvalue weighted by atomic mass is 10.2. The molecule has 11 heteroatoms. The summed E-state index contributed by atoms with van der Waals surface area (Å²) in [6.45, 7) is 1.92. The van der Waals surface area contributed by atoms with E-state index in [-0.39, 0.29) is 30.3 Å².